The minimum atomic E-state index is 0.823. The summed E-state index contributed by atoms with van der Waals surface area (Å²) in [5.74, 6) is 0. The molecule has 0 aromatic carbocycles. The molecule has 0 saturated heterocycles. The molecule has 0 atom stereocenters. The summed E-state index contributed by atoms with van der Waals surface area (Å²) in [7, 11) is 2.00. The first-order chi connectivity index (χ1) is 7.25. The van der Waals surface area contributed by atoms with Crippen molar-refractivity contribution in [3.8, 4) is 0 Å². The van der Waals surface area contributed by atoms with Gasteiger partial charge in [0.15, 0.2) is 0 Å². The normalized spacial score (nSPS) is 10.8. The first-order valence-corrected chi connectivity index (χ1v) is 5.70. The molecule has 2 aromatic rings. The molecule has 1 N–H and O–H groups in total. The molecule has 0 aliphatic carbocycles. The molecule has 0 spiro atoms. The fourth-order valence-corrected chi connectivity index (χ4v) is 2.08. The van der Waals surface area contributed by atoms with Crippen LogP contribution in [0.25, 0.3) is 0 Å². The van der Waals surface area contributed by atoms with Gasteiger partial charge in [0.1, 0.15) is 5.01 Å². The Balaban J connectivity index is 1.83. The van der Waals surface area contributed by atoms with Crippen molar-refractivity contribution < 1.29 is 0 Å². The molecule has 0 aliphatic rings. The highest BCUT2D eigenvalue weighted by Crippen LogP contribution is 2.08. The maximum absolute atomic E-state index is 4.39. The number of hydrogen-bond donors (Lipinski definition) is 1. The van der Waals surface area contributed by atoms with E-state index in [0.717, 1.165) is 23.8 Å². The molecule has 0 saturated carbocycles. The van der Waals surface area contributed by atoms with E-state index in [4.69, 9.17) is 0 Å². The summed E-state index contributed by atoms with van der Waals surface area (Å²) < 4.78 is 2.01. The monoisotopic (exact) mass is 222 g/mol. The summed E-state index contributed by atoms with van der Waals surface area (Å²) in [6, 6.07) is 0. The molecule has 0 fully saturated rings. The Morgan fingerprint density at radius 1 is 1.47 bits per heavy atom. The van der Waals surface area contributed by atoms with Crippen molar-refractivity contribution in [1.29, 1.82) is 0 Å². The second kappa shape index (κ2) is 4.55. The van der Waals surface area contributed by atoms with Crippen LogP contribution in [0, 0.1) is 6.92 Å². The Hall–Kier alpha value is -1.20. The molecular formula is C10H14N4S. The fourth-order valence-electron chi connectivity index (χ4n) is 1.34. The van der Waals surface area contributed by atoms with E-state index < -0.39 is 0 Å². The highest BCUT2D eigenvalue weighted by Gasteiger charge is 2.00. The molecule has 0 amide bonds. The second-order valence-electron chi connectivity index (χ2n) is 3.48. The quantitative estimate of drug-likeness (QED) is 0.852. The minimum absolute atomic E-state index is 0.823. The van der Waals surface area contributed by atoms with E-state index in [1.165, 1.54) is 5.69 Å². The molecule has 2 heterocycles. The standard InChI is InChI=1S/C10H14N4S/c1-8-6-15-10(13-8)5-11-3-9-4-12-7-14(9)2/h4,6-7,11H,3,5H2,1-2H3. The molecule has 0 unspecified atom stereocenters. The molecule has 5 heteroatoms. The van der Waals surface area contributed by atoms with Crippen LogP contribution in [0.5, 0.6) is 0 Å². The van der Waals surface area contributed by atoms with Gasteiger partial charge in [0, 0.05) is 37.4 Å². The highest BCUT2D eigenvalue weighted by molar-refractivity contribution is 7.09. The number of thiazole rings is 1. The van der Waals surface area contributed by atoms with Gasteiger partial charge in [-0.2, -0.15) is 0 Å². The number of nitrogens with one attached hydrogen (secondary N) is 1. The summed E-state index contributed by atoms with van der Waals surface area (Å²) in [6.07, 6.45) is 3.69. The van der Waals surface area contributed by atoms with Crippen LogP contribution in [0.3, 0.4) is 0 Å². The lowest BCUT2D eigenvalue weighted by Gasteiger charge is -2.02. The lowest BCUT2D eigenvalue weighted by atomic mass is 10.4. The Kier molecular flexibility index (Phi) is 3.13. The number of aryl methyl sites for hydroxylation is 2. The molecular weight excluding hydrogens is 208 g/mol. The Labute approximate surface area is 93.0 Å². The summed E-state index contributed by atoms with van der Waals surface area (Å²) in [5, 5.41) is 6.55. The van der Waals surface area contributed by atoms with E-state index in [2.05, 4.69) is 20.7 Å². The second-order valence-corrected chi connectivity index (χ2v) is 4.42. The summed E-state index contributed by atoms with van der Waals surface area (Å²) in [4.78, 5) is 8.45. The molecule has 0 radical (unpaired) electrons. The number of aromatic nitrogens is 3. The lowest BCUT2D eigenvalue weighted by molar-refractivity contribution is 0.652. The molecule has 4 nitrogen and oxygen atoms in total. The minimum Gasteiger partial charge on any atom is -0.337 e. The fraction of sp³-hybridized carbons (Fsp3) is 0.400. The van der Waals surface area contributed by atoms with Gasteiger partial charge in [0.25, 0.3) is 0 Å². The van der Waals surface area contributed by atoms with Gasteiger partial charge < -0.3 is 9.88 Å². The van der Waals surface area contributed by atoms with Crippen molar-refractivity contribution in [3.63, 3.8) is 0 Å². The number of rotatable bonds is 4. The van der Waals surface area contributed by atoms with Crippen LogP contribution in [0.15, 0.2) is 17.9 Å². The largest absolute Gasteiger partial charge is 0.337 e. The van der Waals surface area contributed by atoms with Crippen LogP contribution in [0.1, 0.15) is 16.4 Å². The van der Waals surface area contributed by atoms with Gasteiger partial charge in [-0.3, -0.25) is 0 Å². The highest BCUT2D eigenvalue weighted by atomic mass is 32.1. The van der Waals surface area contributed by atoms with Crippen molar-refractivity contribution in [2.24, 2.45) is 7.05 Å². The Morgan fingerprint density at radius 2 is 2.33 bits per heavy atom. The van der Waals surface area contributed by atoms with Crippen molar-refractivity contribution in [1.82, 2.24) is 19.9 Å². The van der Waals surface area contributed by atoms with Crippen LogP contribution in [0.2, 0.25) is 0 Å². The third-order valence-corrected chi connectivity index (χ3v) is 3.13. The van der Waals surface area contributed by atoms with Crippen molar-refractivity contribution in [2.45, 2.75) is 20.0 Å². The third kappa shape index (κ3) is 2.64. The SMILES string of the molecule is Cc1csc(CNCc2cncn2C)n1. The zero-order valence-electron chi connectivity index (χ0n) is 8.90. The number of imidazole rings is 1. The average molecular weight is 222 g/mol. The molecule has 2 aromatic heterocycles. The molecule has 0 aliphatic heterocycles. The van der Waals surface area contributed by atoms with Crippen LogP contribution in [-0.2, 0) is 20.1 Å². The first kappa shape index (κ1) is 10.3. The smallest absolute Gasteiger partial charge is 0.107 e. The van der Waals surface area contributed by atoms with Gasteiger partial charge in [-0.25, -0.2) is 9.97 Å². The number of hydrogen-bond acceptors (Lipinski definition) is 4. The van der Waals surface area contributed by atoms with E-state index >= 15 is 0 Å². The van der Waals surface area contributed by atoms with Crippen molar-refractivity contribution >= 4 is 11.3 Å². The van der Waals surface area contributed by atoms with Crippen LogP contribution >= 0.6 is 11.3 Å². The maximum Gasteiger partial charge on any atom is 0.107 e. The lowest BCUT2D eigenvalue weighted by Crippen LogP contribution is -2.14. The molecule has 15 heavy (non-hydrogen) atoms. The van der Waals surface area contributed by atoms with Gasteiger partial charge in [-0.05, 0) is 6.92 Å². The van der Waals surface area contributed by atoms with E-state index in [9.17, 15) is 0 Å². The van der Waals surface area contributed by atoms with E-state index in [1.54, 1.807) is 11.3 Å². The van der Waals surface area contributed by atoms with E-state index in [-0.39, 0.29) is 0 Å². The Bertz CT molecular complexity index is 432. The summed E-state index contributed by atoms with van der Waals surface area (Å²) in [6.45, 7) is 3.67. The van der Waals surface area contributed by atoms with Gasteiger partial charge in [0.05, 0.1) is 12.0 Å². The predicted molar refractivity (Wildman–Crippen MR) is 60.6 cm³/mol. The van der Waals surface area contributed by atoms with Crippen molar-refractivity contribution in [2.75, 3.05) is 0 Å². The van der Waals surface area contributed by atoms with Gasteiger partial charge in [0.2, 0.25) is 0 Å². The van der Waals surface area contributed by atoms with Gasteiger partial charge >= 0.3 is 0 Å². The zero-order chi connectivity index (χ0) is 10.7. The first-order valence-electron chi connectivity index (χ1n) is 4.82. The van der Waals surface area contributed by atoms with Gasteiger partial charge in [-0.15, -0.1) is 11.3 Å². The zero-order valence-corrected chi connectivity index (χ0v) is 9.71. The molecule has 2 rings (SSSR count). The van der Waals surface area contributed by atoms with Crippen LogP contribution < -0.4 is 5.32 Å². The van der Waals surface area contributed by atoms with Gasteiger partial charge in [-0.1, -0.05) is 0 Å². The topological polar surface area (TPSA) is 42.7 Å². The average Bonchev–Trinajstić information content (AvgIpc) is 2.77. The van der Waals surface area contributed by atoms with Crippen LogP contribution in [0.4, 0.5) is 0 Å². The van der Waals surface area contributed by atoms with E-state index in [0.29, 0.717) is 0 Å². The Morgan fingerprint density at radius 3 is 2.93 bits per heavy atom. The van der Waals surface area contributed by atoms with E-state index in [1.807, 2.05) is 31.1 Å². The third-order valence-electron chi connectivity index (χ3n) is 2.17. The number of nitrogens with zero attached hydrogens (tertiary/aromatic N) is 3. The maximum atomic E-state index is 4.39. The summed E-state index contributed by atoms with van der Waals surface area (Å²) in [5.41, 5.74) is 2.28. The predicted octanol–water partition coefficient (Wildman–Crippen LogP) is 1.47. The van der Waals surface area contributed by atoms with Crippen molar-refractivity contribution in [3.05, 3.63) is 34.3 Å². The summed E-state index contributed by atoms with van der Waals surface area (Å²) >= 11 is 1.69. The molecule has 80 valence electrons. The molecule has 0 bridgehead atoms. The van der Waals surface area contributed by atoms with Crippen LogP contribution in [-0.4, -0.2) is 14.5 Å².